The number of nitrogens with zero attached hydrogens (tertiary/aromatic N) is 3. The Balaban J connectivity index is 1.48. The maximum atomic E-state index is 13.7. The Labute approximate surface area is 240 Å². The molecule has 0 aliphatic carbocycles. The van der Waals surface area contributed by atoms with E-state index in [1.54, 1.807) is 47.1 Å². The van der Waals surface area contributed by atoms with Gasteiger partial charge in [0.15, 0.2) is 11.5 Å². The number of carbonyl (C=O) groups is 2. The van der Waals surface area contributed by atoms with Gasteiger partial charge in [0.25, 0.3) is 5.91 Å². The lowest BCUT2D eigenvalue weighted by atomic mass is 10.0. The maximum Gasteiger partial charge on any atom is 0.253 e. The van der Waals surface area contributed by atoms with Gasteiger partial charge in [-0.3, -0.25) is 9.59 Å². The largest absolute Gasteiger partial charge is 0.454 e. The molecular formula is C28H36ClN3O7S. The summed E-state index contributed by atoms with van der Waals surface area (Å²) in [5.41, 5.74) is 1.41. The van der Waals surface area contributed by atoms with Gasteiger partial charge >= 0.3 is 0 Å². The van der Waals surface area contributed by atoms with E-state index in [2.05, 4.69) is 0 Å². The second-order valence-corrected chi connectivity index (χ2v) is 12.4. The number of halogens is 1. The van der Waals surface area contributed by atoms with Crippen LogP contribution in [0.15, 0.2) is 42.5 Å². The lowest BCUT2D eigenvalue weighted by Gasteiger charge is -2.39. The Morgan fingerprint density at radius 3 is 2.45 bits per heavy atom. The number of fused-ring (bicyclic) bond motifs is 1. The van der Waals surface area contributed by atoms with Crippen LogP contribution in [0.1, 0.15) is 42.1 Å². The molecule has 0 atom stereocenters. The van der Waals surface area contributed by atoms with Crippen molar-refractivity contribution in [3.63, 3.8) is 0 Å². The molecule has 1 fully saturated rings. The molecule has 2 aliphatic rings. The first kappa shape index (κ1) is 30.1. The van der Waals surface area contributed by atoms with Crippen LogP contribution in [0.2, 0.25) is 5.02 Å². The van der Waals surface area contributed by atoms with E-state index >= 15 is 0 Å². The maximum absolute atomic E-state index is 13.7. The zero-order valence-corrected chi connectivity index (χ0v) is 24.5. The second-order valence-electron chi connectivity index (χ2n) is 9.88. The van der Waals surface area contributed by atoms with Gasteiger partial charge in [0.05, 0.1) is 18.9 Å². The summed E-state index contributed by atoms with van der Waals surface area (Å²) in [7, 11) is -2.12. The standard InChI is InChI=1S/C28H36ClN3O7S/c1-3-16-40(35,36)31(14-15-37-2)19-27(33)32(18-21-4-7-23(29)8-5-21)24-10-12-30(13-11-24)28(34)22-6-9-25-26(17-22)39-20-38-25/h4-9,17,24H,3,10-16,18-20H2,1-2H3. The molecule has 2 heterocycles. The highest BCUT2D eigenvalue weighted by Gasteiger charge is 2.33. The Morgan fingerprint density at radius 2 is 1.77 bits per heavy atom. The van der Waals surface area contributed by atoms with Crippen molar-refractivity contribution >= 4 is 33.4 Å². The molecule has 2 aromatic carbocycles. The van der Waals surface area contributed by atoms with Gasteiger partial charge in [-0.25, -0.2) is 8.42 Å². The Morgan fingerprint density at radius 1 is 1.07 bits per heavy atom. The van der Waals surface area contributed by atoms with Gasteiger partial charge in [-0.1, -0.05) is 30.7 Å². The number of benzene rings is 2. The van der Waals surface area contributed by atoms with Crippen LogP contribution in [-0.2, 0) is 26.1 Å². The van der Waals surface area contributed by atoms with Gasteiger partial charge < -0.3 is 24.0 Å². The minimum atomic E-state index is -3.62. The van der Waals surface area contributed by atoms with Gasteiger partial charge in [-0.15, -0.1) is 0 Å². The summed E-state index contributed by atoms with van der Waals surface area (Å²) in [6.07, 6.45) is 1.58. The predicted molar refractivity (Wildman–Crippen MR) is 151 cm³/mol. The van der Waals surface area contributed by atoms with Crippen LogP contribution in [0.5, 0.6) is 11.5 Å². The zero-order valence-electron chi connectivity index (χ0n) is 22.9. The monoisotopic (exact) mass is 593 g/mol. The number of sulfonamides is 1. The van der Waals surface area contributed by atoms with Gasteiger partial charge in [0.2, 0.25) is 22.7 Å². The smallest absolute Gasteiger partial charge is 0.253 e. The van der Waals surface area contributed by atoms with Gasteiger partial charge in [-0.2, -0.15) is 4.31 Å². The molecule has 0 radical (unpaired) electrons. The summed E-state index contributed by atoms with van der Waals surface area (Å²) in [6.45, 7) is 3.18. The van der Waals surface area contributed by atoms with E-state index < -0.39 is 10.0 Å². The predicted octanol–water partition coefficient (Wildman–Crippen LogP) is 3.39. The average molecular weight is 594 g/mol. The van der Waals surface area contributed by atoms with Crippen LogP contribution < -0.4 is 9.47 Å². The van der Waals surface area contributed by atoms with Gasteiger partial charge in [0.1, 0.15) is 0 Å². The van der Waals surface area contributed by atoms with E-state index in [0.29, 0.717) is 61.0 Å². The fourth-order valence-corrected chi connectivity index (χ4v) is 6.50. The fraction of sp³-hybridized carbons (Fsp3) is 0.500. The third kappa shape index (κ3) is 7.45. The number of methoxy groups -OCH3 is 1. The molecule has 4 rings (SSSR count). The average Bonchev–Trinajstić information content (AvgIpc) is 3.42. The van der Waals surface area contributed by atoms with Gasteiger partial charge in [0, 0.05) is 49.9 Å². The number of carbonyl (C=O) groups excluding carboxylic acids is 2. The molecule has 0 aromatic heterocycles. The molecule has 10 nitrogen and oxygen atoms in total. The highest BCUT2D eigenvalue weighted by Crippen LogP contribution is 2.33. The molecule has 0 unspecified atom stereocenters. The number of hydrogen-bond acceptors (Lipinski definition) is 7. The SMILES string of the molecule is CCCS(=O)(=O)N(CCOC)CC(=O)N(Cc1ccc(Cl)cc1)C1CCN(C(=O)c2ccc3c(c2)OCO3)CC1. The Kier molecular flexibility index (Phi) is 10.3. The van der Waals surface area contributed by atoms with Crippen molar-refractivity contribution in [3.05, 3.63) is 58.6 Å². The summed E-state index contributed by atoms with van der Waals surface area (Å²) in [6, 6.07) is 12.2. The summed E-state index contributed by atoms with van der Waals surface area (Å²) >= 11 is 6.07. The summed E-state index contributed by atoms with van der Waals surface area (Å²) < 4.78 is 42.9. The van der Waals surface area contributed by atoms with E-state index in [-0.39, 0.29) is 50.1 Å². The van der Waals surface area contributed by atoms with Crippen molar-refractivity contribution in [1.82, 2.24) is 14.1 Å². The topological polar surface area (TPSA) is 106 Å². The van der Waals surface area contributed by atoms with Crippen molar-refractivity contribution in [2.24, 2.45) is 0 Å². The first-order valence-corrected chi connectivity index (χ1v) is 15.4. The molecule has 0 N–H and O–H groups in total. The molecule has 2 amide bonds. The summed E-state index contributed by atoms with van der Waals surface area (Å²) in [4.78, 5) is 30.4. The van der Waals surface area contributed by atoms with Crippen LogP contribution in [-0.4, -0.2) is 92.8 Å². The third-order valence-electron chi connectivity index (χ3n) is 7.11. The normalized spacial score (nSPS) is 15.4. The van der Waals surface area contributed by atoms with E-state index in [9.17, 15) is 18.0 Å². The third-order valence-corrected chi connectivity index (χ3v) is 9.38. The molecule has 2 aromatic rings. The van der Waals surface area contributed by atoms with Crippen molar-refractivity contribution in [3.8, 4) is 11.5 Å². The zero-order chi connectivity index (χ0) is 28.7. The van der Waals surface area contributed by atoms with Crippen molar-refractivity contribution < 1.29 is 32.2 Å². The second kappa shape index (κ2) is 13.7. The molecule has 1 saturated heterocycles. The molecule has 0 spiro atoms. The minimum Gasteiger partial charge on any atom is -0.454 e. The Hall–Kier alpha value is -2.86. The summed E-state index contributed by atoms with van der Waals surface area (Å²) in [5, 5.41) is 0.591. The van der Waals surface area contributed by atoms with E-state index in [0.717, 1.165) is 5.56 Å². The first-order chi connectivity index (χ1) is 19.2. The fourth-order valence-electron chi connectivity index (χ4n) is 4.94. The van der Waals surface area contributed by atoms with E-state index in [1.165, 1.54) is 11.4 Å². The number of rotatable bonds is 12. The van der Waals surface area contributed by atoms with Crippen LogP contribution in [0.4, 0.5) is 0 Å². The van der Waals surface area contributed by atoms with Gasteiger partial charge in [-0.05, 0) is 55.2 Å². The number of ether oxygens (including phenoxy) is 3. The molecule has 2 aliphatic heterocycles. The van der Waals surface area contributed by atoms with Crippen LogP contribution in [0.3, 0.4) is 0 Å². The molecule has 0 saturated carbocycles. The van der Waals surface area contributed by atoms with Crippen molar-refractivity contribution in [2.75, 3.05) is 52.4 Å². The molecule has 218 valence electrons. The van der Waals surface area contributed by atoms with Crippen molar-refractivity contribution in [1.29, 1.82) is 0 Å². The quantitative estimate of drug-likeness (QED) is 0.371. The van der Waals surface area contributed by atoms with Crippen LogP contribution in [0, 0.1) is 0 Å². The van der Waals surface area contributed by atoms with Crippen LogP contribution >= 0.6 is 11.6 Å². The highest BCUT2D eigenvalue weighted by molar-refractivity contribution is 7.89. The van der Waals surface area contributed by atoms with E-state index in [4.69, 9.17) is 25.8 Å². The number of piperidine rings is 1. The lowest BCUT2D eigenvalue weighted by molar-refractivity contribution is -0.135. The number of amides is 2. The Bertz CT molecular complexity index is 1280. The van der Waals surface area contributed by atoms with E-state index in [1.807, 2.05) is 12.1 Å². The van der Waals surface area contributed by atoms with Crippen LogP contribution in [0.25, 0.3) is 0 Å². The molecule has 40 heavy (non-hydrogen) atoms. The molecular weight excluding hydrogens is 558 g/mol. The number of hydrogen-bond donors (Lipinski definition) is 0. The molecule has 12 heteroatoms. The lowest BCUT2D eigenvalue weighted by Crippen LogP contribution is -2.51. The number of likely N-dealkylation sites (tertiary alicyclic amines) is 1. The van der Waals surface area contributed by atoms with Crippen molar-refractivity contribution in [2.45, 2.75) is 38.8 Å². The first-order valence-electron chi connectivity index (χ1n) is 13.4. The summed E-state index contributed by atoms with van der Waals surface area (Å²) in [5.74, 6) is 0.736. The highest BCUT2D eigenvalue weighted by atomic mass is 35.5. The molecule has 0 bridgehead atoms. The minimum absolute atomic E-state index is 0.0401.